The van der Waals surface area contributed by atoms with Crippen LogP contribution in [-0.4, -0.2) is 18.2 Å². The van der Waals surface area contributed by atoms with Crippen molar-refractivity contribution < 1.29 is 19.0 Å². The Kier molecular flexibility index (Phi) is 3.42. The van der Waals surface area contributed by atoms with Crippen molar-refractivity contribution in [3.8, 4) is 0 Å². The molecule has 1 rings (SSSR count). The van der Waals surface area contributed by atoms with E-state index < -0.39 is 17.4 Å². The molecular weight excluding hydrogens is 199 g/mol. The van der Waals surface area contributed by atoms with Gasteiger partial charge in [0.15, 0.2) is 5.60 Å². The summed E-state index contributed by atoms with van der Waals surface area (Å²) in [5.41, 5.74) is -1.36. The molecule has 1 aromatic rings. The number of methoxy groups -OCH3 is 1. The highest BCUT2D eigenvalue weighted by atomic mass is 19.1. The fourth-order valence-corrected chi connectivity index (χ4v) is 1.36. The van der Waals surface area contributed by atoms with Crippen LogP contribution in [0.5, 0.6) is 0 Å². The van der Waals surface area contributed by atoms with Gasteiger partial charge in [-0.25, -0.2) is 9.18 Å². The second-order valence-electron chi connectivity index (χ2n) is 3.21. The third-order valence-electron chi connectivity index (χ3n) is 2.36. The third kappa shape index (κ3) is 2.15. The predicted octanol–water partition coefficient (Wildman–Crippen LogP) is 1.60. The lowest BCUT2D eigenvalue weighted by atomic mass is 9.91. The quantitative estimate of drug-likeness (QED) is 0.774. The number of benzene rings is 1. The van der Waals surface area contributed by atoms with E-state index in [9.17, 15) is 14.3 Å². The zero-order valence-electron chi connectivity index (χ0n) is 8.66. The average Bonchev–Trinajstić information content (AvgIpc) is 2.27. The molecule has 0 aromatic heterocycles. The molecule has 0 spiro atoms. The number of ether oxygens (including phenoxy) is 1. The first-order valence-corrected chi connectivity index (χ1v) is 4.61. The van der Waals surface area contributed by atoms with Gasteiger partial charge in [0.2, 0.25) is 0 Å². The summed E-state index contributed by atoms with van der Waals surface area (Å²) in [5.74, 6) is -1.15. The van der Waals surface area contributed by atoms with Crippen LogP contribution in [0.3, 0.4) is 0 Å². The van der Waals surface area contributed by atoms with Gasteiger partial charge in [-0.05, 0) is 24.1 Å². The summed E-state index contributed by atoms with van der Waals surface area (Å²) in [6.45, 7) is 1.65. The number of esters is 1. The first kappa shape index (κ1) is 11.7. The molecular formula is C11H13FO3. The van der Waals surface area contributed by atoms with E-state index in [4.69, 9.17) is 0 Å². The number of halogens is 1. The van der Waals surface area contributed by atoms with Crippen LogP contribution in [0.25, 0.3) is 0 Å². The summed E-state index contributed by atoms with van der Waals surface area (Å²) in [4.78, 5) is 11.4. The van der Waals surface area contributed by atoms with Crippen molar-refractivity contribution >= 4 is 5.97 Å². The van der Waals surface area contributed by atoms with E-state index in [1.807, 2.05) is 0 Å². The third-order valence-corrected chi connectivity index (χ3v) is 2.36. The molecule has 0 radical (unpaired) electrons. The Labute approximate surface area is 87.5 Å². The van der Waals surface area contributed by atoms with E-state index in [2.05, 4.69) is 4.74 Å². The number of rotatable bonds is 3. The highest BCUT2D eigenvalue weighted by Gasteiger charge is 2.37. The minimum absolute atomic E-state index is 0.172. The molecule has 0 fully saturated rings. The van der Waals surface area contributed by atoms with Gasteiger partial charge >= 0.3 is 5.97 Å². The van der Waals surface area contributed by atoms with Gasteiger partial charge < -0.3 is 9.84 Å². The molecule has 0 aliphatic carbocycles. The molecule has 1 atom stereocenters. The Bertz CT molecular complexity index is 347. The van der Waals surface area contributed by atoms with Gasteiger partial charge in [0.25, 0.3) is 0 Å². The molecule has 0 heterocycles. The Morgan fingerprint density at radius 2 is 2.00 bits per heavy atom. The predicted molar refractivity (Wildman–Crippen MR) is 52.6 cm³/mol. The van der Waals surface area contributed by atoms with Crippen LogP contribution in [0.2, 0.25) is 0 Å². The second kappa shape index (κ2) is 4.40. The van der Waals surface area contributed by atoms with Gasteiger partial charge in [0.1, 0.15) is 5.82 Å². The molecule has 0 aliphatic heterocycles. The molecule has 0 saturated heterocycles. The van der Waals surface area contributed by atoms with Crippen molar-refractivity contribution in [2.24, 2.45) is 0 Å². The maximum absolute atomic E-state index is 12.7. The summed E-state index contributed by atoms with van der Waals surface area (Å²) < 4.78 is 17.2. The fraction of sp³-hybridized carbons (Fsp3) is 0.364. The lowest BCUT2D eigenvalue weighted by Gasteiger charge is -2.23. The van der Waals surface area contributed by atoms with Crippen LogP contribution in [0.4, 0.5) is 4.39 Å². The molecule has 4 heteroatoms. The molecule has 0 saturated carbocycles. The molecule has 3 nitrogen and oxygen atoms in total. The number of hydrogen-bond acceptors (Lipinski definition) is 3. The highest BCUT2D eigenvalue weighted by molar-refractivity contribution is 5.80. The summed E-state index contributed by atoms with van der Waals surface area (Å²) in [6.07, 6.45) is 0.172. The number of aliphatic hydroxyl groups is 1. The summed E-state index contributed by atoms with van der Waals surface area (Å²) in [7, 11) is 1.20. The molecule has 1 unspecified atom stereocenters. The Morgan fingerprint density at radius 3 is 2.40 bits per heavy atom. The zero-order chi connectivity index (χ0) is 11.5. The highest BCUT2D eigenvalue weighted by Crippen LogP contribution is 2.26. The van der Waals surface area contributed by atoms with E-state index in [0.717, 1.165) is 0 Å². The molecule has 82 valence electrons. The summed E-state index contributed by atoms with van der Waals surface area (Å²) >= 11 is 0. The SMILES string of the molecule is CCC(O)(C(=O)OC)c1ccc(F)cc1. The van der Waals surface area contributed by atoms with Crippen molar-refractivity contribution in [2.45, 2.75) is 18.9 Å². The largest absolute Gasteiger partial charge is 0.467 e. The molecule has 1 aromatic carbocycles. The van der Waals surface area contributed by atoms with Crippen LogP contribution < -0.4 is 0 Å². The van der Waals surface area contributed by atoms with Crippen molar-refractivity contribution in [2.75, 3.05) is 7.11 Å². The molecule has 0 amide bonds. The lowest BCUT2D eigenvalue weighted by Crippen LogP contribution is -2.36. The van der Waals surface area contributed by atoms with Crippen LogP contribution in [0.1, 0.15) is 18.9 Å². The first-order chi connectivity index (χ1) is 7.04. The van der Waals surface area contributed by atoms with Gasteiger partial charge in [0, 0.05) is 0 Å². The van der Waals surface area contributed by atoms with E-state index in [1.165, 1.54) is 31.4 Å². The minimum Gasteiger partial charge on any atom is -0.467 e. The number of carbonyl (C=O) groups is 1. The standard InChI is InChI=1S/C11H13FO3/c1-3-11(14,10(13)15-2)8-4-6-9(12)7-5-8/h4-7,14H,3H2,1-2H3. The van der Waals surface area contributed by atoms with Gasteiger partial charge in [-0.2, -0.15) is 0 Å². The minimum atomic E-state index is -1.69. The molecule has 0 bridgehead atoms. The lowest BCUT2D eigenvalue weighted by molar-refractivity contribution is -0.164. The summed E-state index contributed by atoms with van der Waals surface area (Å²) in [6, 6.07) is 5.13. The van der Waals surface area contributed by atoms with Crippen molar-refractivity contribution in [3.63, 3.8) is 0 Å². The summed E-state index contributed by atoms with van der Waals surface area (Å²) in [5, 5.41) is 10.1. The van der Waals surface area contributed by atoms with Crippen LogP contribution >= 0.6 is 0 Å². The Balaban J connectivity index is 3.11. The second-order valence-corrected chi connectivity index (χ2v) is 3.21. The van der Waals surface area contributed by atoms with Gasteiger partial charge in [-0.1, -0.05) is 19.1 Å². The Hall–Kier alpha value is -1.42. The van der Waals surface area contributed by atoms with Crippen LogP contribution in [-0.2, 0) is 15.1 Å². The van der Waals surface area contributed by atoms with Crippen LogP contribution in [0.15, 0.2) is 24.3 Å². The van der Waals surface area contributed by atoms with Gasteiger partial charge in [-0.15, -0.1) is 0 Å². The van der Waals surface area contributed by atoms with Crippen molar-refractivity contribution in [1.82, 2.24) is 0 Å². The zero-order valence-corrected chi connectivity index (χ0v) is 8.66. The van der Waals surface area contributed by atoms with E-state index in [0.29, 0.717) is 5.56 Å². The molecule has 1 N–H and O–H groups in total. The van der Waals surface area contributed by atoms with Gasteiger partial charge in [-0.3, -0.25) is 0 Å². The molecule has 15 heavy (non-hydrogen) atoms. The Morgan fingerprint density at radius 1 is 1.47 bits per heavy atom. The maximum Gasteiger partial charge on any atom is 0.342 e. The fourth-order valence-electron chi connectivity index (χ4n) is 1.36. The van der Waals surface area contributed by atoms with Crippen LogP contribution in [0, 0.1) is 5.82 Å². The maximum atomic E-state index is 12.7. The van der Waals surface area contributed by atoms with Gasteiger partial charge in [0.05, 0.1) is 7.11 Å². The monoisotopic (exact) mass is 212 g/mol. The van der Waals surface area contributed by atoms with E-state index in [-0.39, 0.29) is 6.42 Å². The van der Waals surface area contributed by atoms with E-state index >= 15 is 0 Å². The topological polar surface area (TPSA) is 46.5 Å². The molecule has 0 aliphatic rings. The van der Waals surface area contributed by atoms with E-state index in [1.54, 1.807) is 6.92 Å². The number of hydrogen-bond donors (Lipinski definition) is 1. The van der Waals surface area contributed by atoms with Crippen molar-refractivity contribution in [1.29, 1.82) is 0 Å². The smallest absolute Gasteiger partial charge is 0.342 e. The first-order valence-electron chi connectivity index (χ1n) is 4.61. The number of carbonyl (C=O) groups excluding carboxylic acids is 1. The normalized spacial score (nSPS) is 14.4. The average molecular weight is 212 g/mol. The van der Waals surface area contributed by atoms with Crippen molar-refractivity contribution in [3.05, 3.63) is 35.6 Å².